The van der Waals surface area contributed by atoms with E-state index in [1.165, 1.54) is 0 Å². The number of halogens is 1. The van der Waals surface area contributed by atoms with Crippen molar-refractivity contribution in [2.24, 2.45) is 5.73 Å². The first-order valence-electron chi connectivity index (χ1n) is 5.81. The molecule has 0 unspecified atom stereocenters. The van der Waals surface area contributed by atoms with Crippen LogP contribution in [-0.4, -0.2) is 9.97 Å². The normalized spacial score (nSPS) is 10.2. The standard InChI is InChI=1S/C14H14ClN3S/c1-9-5-11(14(16)19)7-13(18-9)17-8-10-3-2-4-12(15)6-10/h2-7H,8H2,1H3,(H2,16,19)(H,17,18). The van der Waals surface area contributed by atoms with Crippen LogP contribution in [0.5, 0.6) is 0 Å². The third kappa shape index (κ3) is 3.91. The smallest absolute Gasteiger partial charge is 0.127 e. The third-order valence-electron chi connectivity index (χ3n) is 2.60. The number of nitrogens with one attached hydrogen (secondary N) is 1. The highest BCUT2D eigenvalue weighted by molar-refractivity contribution is 7.80. The van der Waals surface area contributed by atoms with E-state index in [0.717, 1.165) is 27.7 Å². The van der Waals surface area contributed by atoms with Gasteiger partial charge in [-0.15, -0.1) is 0 Å². The molecule has 0 aliphatic carbocycles. The van der Waals surface area contributed by atoms with Gasteiger partial charge in [0.2, 0.25) is 0 Å². The molecule has 0 saturated heterocycles. The van der Waals surface area contributed by atoms with Crippen molar-refractivity contribution in [3.05, 3.63) is 58.2 Å². The number of aromatic nitrogens is 1. The molecule has 2 aromatic rings. The van der Waals surface area contributed by atoms with Gasteiger partial charge in [0.25, 0.3) is 0 Å². The first-order chi connectivity index (χ1) is 9.04. The number of pyridine rings is 1. The second-order valence-electron chi connectivity index (χ2n) is 4.23. The highest BCUT2D eigenvalue weighted by atomic mass is 35.5. The number of hydrogen-bond acceptors (Lipinski definition) is 3. The van der Waals surface area contributed by atoms with Gasteiger partial charge >= 0.3 is 0 Å². The summed E-state index contributed by atoms with van der Waals surface area (Å²) in [5, 5.41) is 3.96. The summed E-state index contributed by atoms with van der Waals surface area (Å²) in [7, 11) is 0. The van der Waals surface area contributed by atoms with Crippen molar-refractivity contribution in [3.63, 3.8) is 0 Å². The van der Waals surface area contributed by atoms with Crippen molar-refractivity contribution in [3.8, 4) is 0 Å². The Labute approximate surface area is 122 Å². The fourth-order valence-corrected chi connectivity index (χ4v) is 2.07. The Balaban J connectivity index is 2.13. The van der Waals surface area contributed by atoms with Crippen LogP contribution in [-0.2, 0) is 6.54 Å². The van der Waals surface area contributed by atoms with E-state index in [1.54, 1.807) is 0 Å². The monoisotopic (exact) mass is 291 g/mol. The molecule has 0 spiro atoms. The van der Waals surface area contributed by atoms with Crippen LogP contribution in [0.1, 0.15) is 16.8 Å². The zero-order valence-electron chi connectivity index (χ0n) is 10.5. The summed E-state index contributed by atoms with van der Waals surface area (Å²) in [6.45, 7) is 2.56. The van der Waals surface area contributed by atoms with Gasteiger partial charge < -0.3 is 11.1 Å². The molecular weight excluding hydrogens is 278 g/mol. The molecule has 2 rings (SSSR count). The van der Waals surface area contributed by atoms with Crippen LogP contribution in [0.2, 0.25) is 5.02 Å². The maximum atomic E-state index is 5.94. The average molecular weight is 292 g/mol. The van der Waals surface area contributed by atoms with Gasteiger partial charge in [-0.2, -0.15) is 0 Å². The molecule has 3 N–H and O–H groups in total. The minimum absolute atomic E-state index is 0.372. The SMILES string of the molecule is Cc1cc(C(N)=S)cc(NCc2cccc(Cl)c2)n1. The Hall–Kier alpha value is -1.65. The van der Waals surface area contributed by atoms with Gasteiger partial charge in [0.05, 0.1) is 0 Å². The molecule has 98 valence electrons. The van der Waals surface area contributed by atoms with E-state index in [9.17, 15) is 0 Å². The summed E-state index contributed by atoms with van der Waals surface area (Å²) >= 11 is 10.9. The molecule has 1 aromatic carbocycles. The molecule has 0 aliphatic heterocycles. The Morgan fingerprint density at radius 2 is 2.16 bits per heavy atom. The quantitative estimate of drug-likeness (QED) is 0.849. The second kappa shape index (κ2) is 5.99. The molecule has 19 heavy (non-hydrogen) atoms. The molecular formula is C14H14ClN3S. The lowest BCUT2D eigenvalue weighted by Crippen LogP contribution is -2.11. The predicted molar refractivity (Wildman–Crippen MR) is 83.6 cm³/mol. The summed E-state index contributed by atoms with van der Waals surface area (Å²) in [5.74, 6) is 0.753. The highest BCUT2D eigenvalue weighted by Crippen LogP contribution is 2.14. The van der Waals surface area contributed by atoms with Gasteiger partial charge in [0, 0.05) is 22.8 Å². The van der Waals surface area contributed by atoms with E-state index in [2.05, 4.69) is 10.3 Å². The van der Waals surface area contributed by atoms with Crippen molar-refractivity contribution in [2.45, 2.75) is 13.5 Å². The topological polar surface area (TPSA) is 50.9 Å². The maximum Gasteiger partial charge on any atom is 0.127 e. The highest BCUT2D eigenvalue weighted by Gasteiger charge is 2.02. The molecule has 3 nitrogen and oxygen atoms in total. The molecule has 1 aromatic heterocycles. The van der Waals surface area contributed by atoms with E-state index in [-0.39, 0.29) is 0 Å². The first-order valence-corrected chi connectivity index (χ1v) is 6.60. The van der Waals surface area contributed by atoms with Crippen LogP contribution in [0.3, 0.4) is 0 Å². The van der Waals surface area contributed by atoms with Gasteiger partial charge in [-0.05, 0) is 36.8 Å². The molecule has 0 bridgehead atoms. The lowest BCUT2D eigenvalue weighted by atomic mass is 10.2. The third-order valence-corrected chi connectivity index (χ3v) is 3.07. The number of nitrogens with two attached hydrogens (primary N) is 1. The number of benzene rings is 1. The van der Waals surface area contributed by atoms with Gasteiger partial charge in [0.1, 0.15) is 10.8 Å². The van der Waals surface area contributed by atoms with E-state index in [0.29, 0.717) is 11.5 Å². The largest absolute Gasteiger partial charge is 0.389 e. The molecule has 0 aliphatic rings. The zero-order chi connectivity index (χ0) is 13.8. The van der Waals surface area contributed by atoms with Crippen molar-refractivity contribution >= 4 is 34.6 Å². The molecule has 0 atom stereocenters. The summed E-state index contributed by atoms with van der Waals surface area (Å²) in [4.78, 5) is 4.77. The van der Waals surface area contributed by atoms with Gasteiger partial charge in [0.15, 0.2) is 0 Å². The van der Waals surface area contributed by atoms with Crippen LogP contribution in [0, 0.1) is 6.92 Å². The number of hydrogen-bond donors (Lipinski definition) is 2. The van der Waals surface area contributed by atoms with E-state index in [4.69, 9.17) is 29.6 Å². The fourth-order valence-electron chi connectivity index (χ4n) is 1.74. The molecule has 1 heterocycles. The first kappa shape index (κ1) is 13.8. The van der Waals surface area contributed by atoms with Crippen molar-refractivity contribution in [1.29, 1.82) is 0 Å². The van der Waals surface area contributed by atoms with Gasteiger partial charge in [-0.3, -0.25) is 0 Å². The number of anilines is 1. The van der Waals surface area contributed by atoms with E-state index >= 15 is 0 Å². The van der Waals surface area contributed by atoms with Crippen LogP contribution < -0.4 is 11.1 Å². The molecule has 5 heteroatoms. The zero-order valence-corrected chi connectivity index (χ0v) is 12.1. The van der Waals surface area contributed by atoms with Crippen LogP contribution >= 0.6 is 23.8 Å². The van der Waals surface area contributed by atoms with Gasteiger partial charge in [-0.1, -0.05) is 36.0 Å². The molecule has 0 radical (unpaired) electrons. The van der Waals surface area contributed by atoms with Crippen LogP contribution in [0.4, 0.5) is 5.82 Å². The Kier molecular flexibility index (Phi) is 4.35. The Morgan fingerprint density at radius 3 is 2.84 bits per heavy atom. The predicted octanol–water partition coefficient (Wildman–Crippen LogP) is 3.29. The number of nitrogens with zero attached hydrogens (tertiary/aromatic N) is 1. The Bertz CT molecular complexity index is 613. The van der Waals surface area contributed by atoms with Crippen LogP contribution in [0.15, 0.2) is 36.4 Å². The minimum atomic E-state index is 0.372. The van der Waals surface area contributed by atoms with Gasteiger partial charge in [-0.25, -0.2) is 4.98 Å². The van der Waals surface area contributed by atoms with Crippen molar-refractivity contribution < 1.29 is 0 Å². The van der Waals surface area contributed by atoms with E-state index in [1.807, 2.05) is 43.3 Å². The summed E-state index contributed by atoms with van der Waals surface area (Å²) in [6.07, 6.45) is 0. The fraction of sp³-hybridized carbons (Fsp3) is 0.143. The summed E-state index contributed by atoms with van der Waals surface area (Å²) in [5.41, 5.74) is 8.42. The lowest BCUT2D eigenvalue weighted by molar-refractivity contribution is 1.09. The van der Waals surface area contributed by atoms with Crippen molar-refractivity contribution in [1.82, 2.24) is 4.98 Å². The lowest BCUT2D eigenvalue weighted by Gasteiger charge is -2.09. The average Bonchev–Trinajstić information content (AvgIpc) is 2.36. The number of thiocarbonyl (C=S) groups is 1. The van der Waals surface area contributed by atoms with E-state index < -0.39 is 0 Å². The van der Waals surface area contributed by atoms with Crippen molar-refractivity contribution in [2.75, 3.05) is 5.32 Å². The Morgan fingerprint density at radius 1 is 1.37 bits per heavy atom. The second-order valence-corrected chi connectivity index (χ2v) is 5.11. The summed E-state index contributed by atoms with van der Waals surface area (Å²) in [6, 6.07) is 11.4. The maximum absolute atomic E-state index is 5.94. The summed E-state index contributed by atoms with van der Waals surface area (Å²) < 4.78 is 0. The minimum Gasteiger partial charge on any atom is -0.389 e. The number of aryl methyl sites for hydroxylation is 1. The number of rotatable bonds is 4. The van der Waals surface area contributed by atoms with Crippen LogP contribution in [0.25, 0.3) is 0 Å². The molecule has 0 saturated carbocycles. The molecule has 0 amide bonds. The molecule has 0 fully saturated rings.